The first kappa shape index (κ1) is 14.9. The van der Waals surface area contributed by atoms with E-state index in [1.807, 2.05) is 19.1 Å². The van der Waals surface area contributed by atoms with E-state index < -0.39 is 0 Å². The highest BCUT2D eigenvalue weighted by Gasteiger charge is 2.20. The molecule has 0 aliphatic rings. The Labute approximate surface area is 121 Å². The summed E-state index contributed by atoms with van der Waals surface area (Å²) in [7, 11) is 0. The zero-order valence-corrected chi connectivity index (χ0v) is 13.0. The summed E-state index contributed by atoms with van der Waals surface area (Å²) in [5.41, 5.74) is 8.25. The number of nitrogens with two attached hydrogens (primary N) is 1. The van der Waals surface area contributed by atoms with Gasteiger partial charge in [0.2, 0.25) is 0 Å². The van der Waals surface area contributed by atoms with Crippen molar-refractivity contribution < 1.29 is 0 Å². The highest BCUT2D eigenvalue weighted by atomic mass is 15.2. The second-order valence-electron chi connectivity index (χ2n) is 5.78. The second kappa shape index (κ2) is 6.27. The molecule has 2 heterocycles. The van der Waals surface area contributed by atoms with Crippen molar-refractivity contribution >= 4 is 11.5 Å². The second-order valence-corrected chi connectivity index (χ2v) is 5.78. The summed E-state index contributed by atoms with van der Waals surface area (Å²) in [6.45, 7) is 9.71. The Morgan fingerprint density at radius 3 is 2.65 bits per heavy atom. The number of hydrogen-bond acceptors (Lipinski definition) is 3. The molecule has 0 fully saturated rings. The summed E-state index contributed by atoms with van der Waals surface area (Å²) in [6, 6.07) is 6.69. The van der Waals surface area contributed by atoms with E-state index in [1.54, 1.807) is 0 Å². The average Bonchev–Trinajstić information content (AvgIpc) is 2.74. The molecular formula is C16H26N4. The Hall–Kier alpha value is -1.55. The fraction of sp³-hybridized carbons (Fsp3) is 0.562. The van der Waals surface area contributed by atoms with Crippen LogP contribution in [0.5, 0.6) is 0 Å². The third kappa shape index (κ3) is 2.96. The topological polar surface area (TPSA) is 46.6 Å². The van der Waals surface area contributed by atoms with Crippen LogP contribution in [0.1, 0.15) is 39.8 Å². The molecule has 2 aromatic heterocycles. The summed E-state index contributed by atoms with van der Waals surface area (Å²) in [5.74, 6) is 1.09. The van der Waals surface area contributed by atoms with E-state index >= 15 is 0 Å². The van der Waals surface area contributed by atoms with Crippen LogP contribution in [0.4, 0.5) is 5.82 Å². The molecule has 0 amide bonds. The van der Waals surface area contributed by atoms with E-state index in [0.717, 1.165) is 30.9 Å². The molecule has 2 aromatic rings. The monoisotopic (exact) mass is 274 g/mol. The zero-order chi connectivity index (χ0) is 14.7. The first-order chi connectivity index (χ1) is 9.54. The molecule has 0 aromatic carbocycles. The molecule has 1 atom stereocenters. The van der Waals surface area contributed by atoms with Crippen molar-refractivity contribution in [1.82, 2.24) is 9.38 Å². The van der Waals surface area contributed by atoms with Crippen molar-refractivity contribution in [2.75, 3.05) is 11.4 Å². The third-order valence-corrected chi connectivity index (χ3v) is 3.48. The molecule has 20 heavy (non-hydrogen) atoms. The van der Waals surface area contributed by atoms with Crippen molar-refractivity contribution in [1.29, 1.82) is 0 Å². The molecule has 1 unspecified atom stereocenters. The summed E-state index contributed by atoms with van der Waals surface area (Å²) in [5, 5.41) is 0. The number of aromatic nitrogens is 2. The summed E-state index contributed by atoms with van der Waals surface area (Å²) in [6.07, 6.45) is 4.03. The minimum atomic E-state index is 0.129. The minimum absolute atomic E-state index is 0.129. The standard InChI is InChI=1S/C16H26N4/c1-5-9-19(12(2)3)16-14(11-13(4)17)20-10-7-6-8-15(20)18-16/h6-8,10,12-13H,5,9,11,17H2,1-4H3. The van der Waals surface area contributed by atoms with E-state index in [4.69, 9.17) is 10.7 Å². The van der Waals surface area contributed by atoms with Gasteiger partial charge in [-0.3, -0.25) is 0 Å². The van der Waals surface area contributed by atoms with E-state index in [-0.39, 0.29) is 6.04 Å². The molecule has 0 aliphatic heterocycles. The SMILES string of the molecule is CCCN(c1nc2ccccn2c1CC(C)N)C(C)C. The molecule has 0 bridgehead atoms. The van der Waals surface area contributed by atoms with Gasteiger partial charge < -0.3 is 15.0 Å². The Balaban J connectivity index is 2.54. The van der Waals surface area contributed by atoms with Crippen LogP contribution < -0.4 is 10.6 Å². The number of imidazole rings is 1. The van der Waals surface area contributed by atoms with Crippen LogP contribution in [0, 0.1) is 0 Å². The number of rotatable bonds is 6. The molecule has 0 aliphatic carbocycles. The van der Waals surface area contributed by atoms with E-state index in [9.17, 15) is 0 Å². The summed E-state index contributed by atoms with van der Waals surface area (Å²) < 4.78 is 2.17. The molecule has 4 nitrogen and oxygen atoms in total. The first-order valence-corrected chi connectivity index (χ1v) is 7.52. The lowest BCUT2D eigenvalue weighted by Crippen LogP contribution is -2.33. The Bertz CT molecular complexity index is 557. The summed E-state index contributed by atoms with van der Waals surface area (Å²) in [4.78, 5) is 7.22. The Morgan fingerprint density at radius 2 is 2.05 bits per heavy atom. The fourth-order valence-corrected chi connectivity index (χ4v) is 2.61. The van der Waals surface area contributed by atoms with Gasteiger partial charge in [0.15, 0.2) is 5.82 Å². The van der Waals surface area contributed by atoms with Gasteiger partial charge in [-0.1, -0.05) is 13.0 Å². The predicted octanol–water partition coefficient (Wildman–Crippen LogP) is 2.85. The van der Waals surface area contributed by atoms with Crippen LogP contribution in [0.3, 0.4) is 0 Å². The van der Waals surface area contributed by atoms with Crippen molar-refractivity contribution in [2.45, 2.75) is 52.6 Å². The van der Waals surface area contributed by atoms with Gasteiger partial charge in [0, 0.05) is 31.2 Å². The van der Waals surface area contributed by atoms with Crippen LogP contribution in [-0.2, 0) is 6.42 Å². The molecule has 4 heteroatoms. The van der Waals surface area contributed by atoms with Crippen molar-refractivity contribution in [3.63, 3.8) is 0 Å². The predicted molar refractivity (Wildman–Crippen MR) is 85.3 cm³/mol. The molecule has 0 saturated heterocycles. The van der Waals surface area contributed by atoms with Crippen LogP contribution in [0.25, 0.3) is 5.65 Å². The van der Waals surface area contributed by atoms with Gasteiger partial charge in [0.05, 0.1) is 5.69 Å². The van der Waals surface area contributed by atoms with Crippen molar-refractivity contribution in [3.8, 4) is 0 Å². The number of fused-ring (bicyclic) bond motifs is 1. The van der Waals surface area contributed by atoms with E-state index in [2.05, 4.69) is 42.3 Å². The largest absolute Gasteiger partial charge is 0.353 e. The van der Waals surface area contributed by atoms with Gasteiger partial charge in [0.25, 0.3) is 0 Å². The number of nitrogens with zero attached hydrogens (tertiary/aromatic N) is 3. The maximum Gasteiger partial charge on any atom is 0.151 e. The highest BCUT2D eigenvalue weighted by molar-refractivity contribution is 5.56. The Kier molecular flexibility index (Phi) is 4.65. The maximum absolute atomic E-state index is 6.03. The number of hydrogen-bond donors (Lipinski definition) is 1. The fourth-order valence-electron chi connectivity index (χ4n) is 2.61. The van der Waals surface area contributed by atoms with Crippen molar-refractivity contribution in [3.05, 3.63) is 30.1 Å². The van der Waals surface area contributed by atoms with Gasteiger partial charge in [0.1, 0.15) is 5.65 Å². The lowest BCUT2D eigenvalue weighted by atomic mass is 10.1. The molecule has 2 N–H and O–H groups in total. The average molecular weight is 274 g/mol. The normalized spacial score (nSPS) is 13.1. The summed E-state index contributed by atoms with van der Waals surface area (Å²) >= 11 is 0. The van der Waals surface area contributed by atoms with Gasteiger partial charge in [-0.05, 0) is 39.3 Å². The number of pyridine rings is 1. The quantitative estimate of drug-likeness (QED) is 0.881. The van der Waals surface area contributed by atoms with E-state index in [0.29, 0.717) is 6.04 Å². The van der Waals surface area contributed by atoms with Gasteiger partial charge in [-0.15, -0.1) is 0 Å². The van der Waals surface area contributed by atoms with Gasteiger partial charge >= 0.3 is 0 Å². The zero-order valence-electron chi connectivity index (χ0n) is 13.0. The molecule has 0 saturated carbocycles. The Morgan fingerprint density at radius 1 is 1.30 bits per heavy atom. The van der Waals surface area contributed by atoms with Crippen LogP contribution in [-0.4, -0.2) is 28.0 Å². The van der Waals surface area contributed by atoms with Crippen LogP contribution in [0.2, 0.25) is 0 Å². The van der Waals surface area contributed by atoms with Crippen molar-refractivity contribution in [2.24, 2.45) is 5.73 Å². The molecule has 110 valence electrons. The maximum atomic E-state index is 6.03. The lowest BCUT2D eigenvalue weighted by molar-refractivity contribution is 0.650. The smallest absolute Gasteiger partial charge is 0.151 e. The molecule has 0 radical (unpaired) electrons. The number of anilines is 1. The third-order valence-electron chi connectivity index (χ3n) is 3.48. The van der Waals surface area contributed by atoms with Crippen LogP contribution in [0.15, 0.2) is 24.4 Å². The van der Waals surface area contributed by atoms with E-state index in [1.165, 1.54) is 5.69 Å². The minimum Gasteiger partial charge on any atom is -0.353 e. The lowest BCUT2D eigenvalue weighted by Gasteiger charge is -2.27. The molecule has 0 spiro atoms. The first-order valence-electron chi connectivity index (χ1n) is 7.52. The van der Waals surface area contributed by atoms with Gasteiger partial charge in [-0.2, -0.15) is 0 Å². The highest BCUT2D eigenvalue weighted by Crippen LogP contribution is 2.25. The molecule has 2 rings (SSSR count). The van der Waals surface area contributed by atoms with Crippen LogP contribution >= 0.6 is 0 Å². The molecular weight excluding hydrogens is 248 g/mol. The van der Waals surface area contributed by atoms with Gasteiger partial charge in [-0.25, -0.2) is 4.98 Å².